The maximum Gasteiger partial charge on any atom is 0.168 e. The van der Waals surface area contributed by atoms with Crippen LogP contribution in [0.4, 0.5) is 0 Å². The smallest absolute Gasteiger partial charge is 0.168 e. The molecular formula is C11H16N2O2. The molecule has 82 valence electrons. The first-order valence-corrected chi connectivity index (χ1v) is 5.47. The van der Waals surface area contributed by atoms with E-state index < -0.39 is 0 Å². The molecule has 0 N–H and O–H groups in total. The second-order valence-electron chi connectivity index (χ2n) is 3.85. The molecule has 0 radical (unpaired) electrons. The molecule has 0 aromatic carbocycles. The number of nitrogens with zero attached hydrogens (tertiary/aromatic N) is 2. The summed E-state index contributed by atoms with van der Waals surface area (Å²) in [7, 11) is 0. The summed E-state index contributed by atoms with van der Waals surface area (Å²) in [5.41, 5.74) is 0.701. The van der Waals surface area contributed by atoms with Gasteiger partial charge in [0, 0.05) is 25.8 Å². The zero-order chi connectivity index (χ0) is 10.7. The van der Waals surface area contributed by atoms with Gasteiger partial charge in [-0.2, -0.15) is 5.10 Å². The predicted octanol–water partition coefficient (Wildman–Crippen LogP) is 1.65. The first kappa shape index (κ1) is 10.4. The SMILES string of the molecule is CCn1cc(C(=O)CC2CCCO2)cn1. The van der Waals surface area contributed by atoms with Crippen molar-refractivity contribution in [1.82, 2.24) is 9.78 Å². The first-order chi connectivity index (χ1) is 7.29. The summed E-state index contributed by atoms with van der Waals surface area (Å²) in [4.78, 5) is 11.8. The van der Waals surface area contributed by atoms with Crippen LogP contribution in [0.2, 0.25) is 0 Å². The highest BCUT2D eigenvalue weighted by molar-refractivity contribution is 5.95. The zero-order valence-electron chi connectivity index (χ0n) is 8.98. The second-order valence-corrected chi connectivity index (χ2v) is 3.85. The fourth-order valence-corrected chi connectivity index (χ4v) is 1.81. The van der Waals surface area contributed by atoms with Crippen LogP contribution in [0.25, 0.3) is 0 Å². The number of rotatable bonds is 4. The summed E-state index contributed by atoms with van der Waals surface area (Å²) in [5.74, 6) is 0.140. The molecule has 0 saturated carbocycles. The standard InChI is InChI=1S/C11H16N2O2/c1-2-13-8-9(7-12-13)11(14)6-10-4-3-5-15-10/h7-8,10H,2-6H2,1H3. The largest absolute Gasteiger partial charge is 0.378 e. The van der Waals surface area contributed by atoms with E-state index in [9.17, 15) is 4.79 Å². The van der Waals surface area contributed by atoms with Crippen molar-refractivity contribution in [3.05, 3.63) is 18.0 Å². The number of carbonyl (C=O) groups is 1. The minimum Gasteiger partial charge on any atom is -0.378 e. The Bertz CT molecular complexity index is 340. The topological polar surface area (TPSA) is 44.1 Å². The molecule has 0 bridgehead atoms. The van der Waals surface area contributed by atoms with Gasteiger partial charge < -0.3 is 4.74 Å². The molecule has 15 heavy (non-hydrogen) atoms. The van der Waals surface area contributed by atoms with Gasteiger partial charge in [-0.15, -0.1) is 0 Å². The van der Waals surface area contributed by atoms with Crippen LogP contribution in [0.1, 0.15) is 36.5 Å². The van der Waals surface area contributed by atoms with E-state index in [0.717, 1.165) is 26.0 Å². The lowest BCUT2D eigenvalue weighted by molar-refractivity contribution is 0.0775. The van der Waals surface area contributed by atoms with Gasteiger partial charge in [-0.1, -0.05) is 0 Å². The van der Waals surface area contributed by atoms with Gasteiger partial charge >= 0.3 is 0 Å². The number of aryl methyl sites for hydroxylation is 1. The number of ketones is 1. The van der Waals surface area contributed by atoms with E-state index in [1.165, 1.54) is 0 Å². The molecule has 1 aliphatic rings. The number of carbonyl (C=O) groups excluding carboxylic acids is 1. The Morgan fingerprint density at radius 3 is 3.20 bits per heavy atom. The van der Waals surface area contributed by atoms with Crippen LogP contribution in [-0.4, -0.2) is 28.3 Å². The van der Waals surface area contributed by atoms with E-state index in [1.807, 2.05) is 6.92 Å². The van der Waals surface area contributed by atoms with Crippen LogP contribution in [0.3, 0.4) is 0 Å². The highest BCUT2D eigenvalue weighted by atomic mass is 16.5. The molecule has 2 rings (SSSR count). The molecule has 1 aliphatic heterocycles. The minimum absolute atomic E-state index is 0.127. The van der Waals surface area contributed by atoms with Crippen molar-refractivity contribution in [3.8, 4) is 0 Å². The van der Waals surface area contributed by atoms with Gasteiger partial charge in [-0.05, 0) is 19.8 Å². The van der Waals surface area contributed by atoms with Crippen molar-refractivity contribution in [1.29, 1.82) is 0 Å². The molecule has 1 atom stereocenters. The van der Waals surface area contributed by atoms with Gasteiger partial charge in [-0.25, -0.2) is 0 Å². The molecule has 1 fully saturated rings. The average Bonchev–Trinajstić information content (AvgIpc) is 2.86. The normalized spacial score (nSPS) is 20.7. The Balaban J connectivity index is 1.94. The molecule has 0 aliphatic carbocycles. The second kappa shape index (κ2) is 4.57. The third kappa shape index (κ3) is 2.45. The Kier molecular flexibility index (Phi) is 3.16. The molecule has 0 spiro atoms. The van der Waals surface area contributed by atoms with Crippen molar-refractivity contribution >= 4 is 5.78 Å². The van der Waals surface area contributed by atoms with Crippen molar-refractivity contribution < 1.29 is 9.53 Å². The Hall–Kier alpha value is -1.16. The highest BCUT2D eigenvalue weighted by Gasteiger charge is 2.20. The summed E-state index contributed by atoms with van der Waals surface area (Å²) >= 11 is 0. The predicted molar refractivity (Wildman–Crippen MR) is 55.8 cm³/mol. The van der Waals surface area contributed by atoms with E-state index in [4.69, 9.17) is 4.74 Å². The molecule has 1 unspecified atom stereocenters. The lowest BCUT2D eigenvalue weighted by Crippen LogP contribution is -2.12. The highest BCUT2D eigenvalue weighted by Crippen LogP contribution is 2.17. The fraction of sp³-hybridized carbons (Fsp3) is 0.636. The fourth-order valence-electron chi connectivity index (χ4n) is 1.81. The van der Waals surface area contributed by atoms with Crippen LogP contribution >= 0.6 is 0 Å². The quantitative estimate of drug-likeness (QED) is 0.707. The summed E-state index contributed by atoms with van der Waals surface area (Å²) in [6.07, 6.45) is 6.15. The van der Waals surface area contributed by atoms with Gasteiger partial charge in [0.2, 0.25) is 0 Å². The zero-order valence-corrected chi connectivity index (χ0v) is 8.98. The summed E-state index contributed by atoms with van der Waals surface area (Å²) in [5, 5.41) is 4.09. The molecule has 4 heteroatoms. The summed E-state index contributed by atoms with van der Waals surface area (Å²) < 4.78 is 7.20. The monoisotopic (exact) mass is 208 g/mol. The molecule has 1 saturated heterocycles. The number of aromatic nitrogens is 2. The Morgan fingerprint density at radius 1 is 1.73 bits per heavy atom. The van der Waals surface area contributed by atoms with Gasteiger partial charge in [0.05, 0.1) is 17.9 Å². The third-order valence-corrected chi connectivity index (χ3v) is 2.72. The Morgan fingerprint density at radius 2 is 2.60 bits per heavy atom. The van der Waals surface area contributed by atoms with Crippen LogP contribution in [0, 0.1) is 0 Å². The molecular weight excluding hydrogens is 192 g/mol. The molecule has 0 amide bonds. The van der Waals surface area contributed by atoms with Crippen molar-refractivity contribution in [2.75, 3.05) is 6.61 Å². The number of hydrogen-bond acceptors (Lipinski definition) is 3. The van der Waals surface area contributed by atoms with E-state index >= 15 is 0 Å². The van der Waals surface area contributed by atoms with Gasteiger partial charge in [0.25, 0.3) is 0 Å². The molecule has 1 aromatic heterocycles. The summed E-state index contributed by atoms with van der Waals surface area (Å²) in [6, 6.07) is 0. The van der Waals surface area contributed by atoms with Gasteiger partial charge in [-0.3, -0.25) is 9.48 Å². The van der Waals surface area contributed by atoms with E-state index in [0.29, 0.717) is 12.0 Å². The number of ether oxygens (including phenoxy) is 1. The number of Topliss-reactive ketones (excluding diaryl/α,β-unsaturated/α-hetero) is 1. The summed E-state index contributed by atoms with van der Waals surface area (Å²) in [6.45, 7) is 3.60. The molecule has 2 heterocycles. The molecule has 1 aromatic rings. The van der Waals surface area contributed by atoms with Gasteiger partial charge in [0.1, 0.15) is 0 Å². The van der Waals surface area contributed by atoms with Crippen LogP contribution in [0.15, 0.2) is 12.4 Å². The maximum atomic E-state index is 11.8. The van der Waals surface area contributed by atoms with Crippen molar-refractivity contribution in [2.24, 2.45) is 0 Å². The van der Waals surface area contributed by atoms with Crippen LogP contribution in [-0.2, 0) is 11.3 Å². The van der Waals surface area contributed by atoms with Crippen molar-refractivity contribution in [2.45, 2.75) is 38.8 Å². The van der Waals surface area contributed by atoms with E-state index in [-0.39, 0.29) is 11.9 Å². The van der Waals surface area contributed by atoms with Crippen molar-refractivity contribution in [3.63, 3.8) is 0 Å². The lowest BCUT2D eigenvalue weighted by Gasteiger charge is -2.06. The third-order valence-electron chi connectivity index (χ3n) is 2.72. The number of hydrogen-bond donors (Lipinski definition) is 0. The van der Waals surface area contributed by atoms with Crippen LogP contribution < -0.4 is 0 Å². The minimum atomic E-state index is 0.127. The van der Waals surface area contributed by atoms with E-state index in [1.54, 1.807) is 17.1 Å². The maximum absolute atomic E-state index is 11.8. The first-order valence-electron chi connectivity index (χ1n) is 5.47. The molecule has 4 nitrogen and oxygen atoms in total. The van der Waals surface area contributed by atoms with Crippen LogP contribution in [0.5, 0.6) is 0 Å². The average molecular weight is 208 g/mol. The van der Waals surface area contributed by atoms with E-state index in [2.05, 4.69) is 5.10 Å². The lowest BCUT2D eigenvalue weighted by atomic mass is 10.1. The van der Waals surface area contributed by atoms with Gasteiger partial charge in [0.15, 0.2) is 5.78 Å². The Labute approximate surface area is 89.2 Å².